The van der Waals surface area contributed by atoms with Crippen LogP contribution in [0.25, 0.3) is 0 Å². The van der Waals surface area contributed by atoms with E-state index in [0.29, 0.717) is 13.0 Å². The smallest absolute Gasteiger partial charge is 0.224 e. The summed E-state index contributed by atoms with van der Waals surface area (Å²) in [7, 11) is 5.64. The number of amides is 1. The Balaban J connectivity index is 1.84. The zero-order chi connectivity index (χ0) is 15.9. The average Bonchev–Trinajstić information content (AvgIpc) is 2.54. The molecule has 116 valence electrons. The quantitative estimate of drug-likeness (QED) is 0.891. The zero-order valence-corrected chi connectivity index (χ0v) is 13.3. The second-order valence-corrected chi connectivity index (χ2v) is 5.36. The van der Waals surface area contributed by atoms with Crippen molar-refractivity contribution >= 4 is 11.6 Å². The molecule has 1 amide bonds. The van der Waals surface area contributed by atoms with Crippen molar-refractivity contribution in [3.8, 4) is 5.75 Å². The van der Waals surface area contributed by atoms with Gasteiger partial charge in [-0.15, -0.1) is 0 Å². The maximum atomic E-state index is 12.0. The van der Waals surface area contributed by atoms with Crippen LogP contribution in [0.1, 0.15) is 11.1 Å². The molecule has 0 heterocycles. The molecule has 0 aliphatic rings. The van der Waals surface area contributed by atoms with Gasteiger partial charge in [0.1, 0.15) is 5.75 Å². The number of rotatable bonds is 6. The molecule has 0 atom stereocenters. The molecule has 0 radical (unpaired) electrons. The molecule has 2 rings (SSSR count). The van der Waals surface area contributed by atoms with Crippen LogP contribution in [0.5, 0.6) is 5.75 Å². The number of nitrogens with one attached hydrogen (secondary N) is 1. The van der Waals surface area contributed by atoms with Gasteiger partial charge in [-0.3, -0.25) is 4.79 Å². The Morgan fingerprint density at radius 2 is 1.59 bits per heavy atom. The van der Waals surface area contributed by atoms with Crippen LogP contribution in [-0.2, 0) is 17.8 Å². The van der Waals surface area contributed by atoms with Crippen molar-refractivity contribution in [2.75, 3.05) is 26.1 Å². The lowest BCUT2D eigenvalue weighted by molar-refractivity contribution is -0.120. The summed E-state index contributed by atoms with van der Waals surface area (Å²) < 4.78 is 5.10. The molecular weight excluding hydrogens is 276 g/mol. The fourth-order valence-electron chi connectivity index (χ4n) is 2.10. The minimum atomic E-state index is 0.0156. The van der Waals surface area contributed by atoms with E-state index in [1.54, 1.807) is 7.11 Å². The topological polar surface area (TPSA) is 41.6 Å². The number of hydrogen-bond donors (Lipinski definition) is 1. The van der Waals surface area contributed by atoms with Crippen molar-refractivity contribution in [1.82, 2.24) is 5.32 Å². The van der Waals surface area contributed by atoms with Crippen LogP contribution in [-0.4, -0.2) is 27.1 Å². The highest BCUT2D eigenvalue weighted by Crippen LogP contribution is 2.13. The SMILES string of the molecule is COc1ccc(CC(=O)NCc2ccc(N(C)C)cc2)cc1. The molecule has 0 saturated carbocycles. The third-order valence-electron chi connectivity index (χ3n) is 3.47. The Kier molecular flexibility index (Phi) is 5.42. The van der Waals surface area contributed by atoms with Crippen molar-refractivity contribution in [2.24, 2.45) is 0 Å². The second-order valence-electron chi connectivity index (χ2n) is 5.36. The number of ether oxygens (including phenoxy) is 1. The van der Waals surface area contributed by atoms with Gasteiger partial charge in [-0.05, 0) is 35.4 Å². The maximum absolute atomic E-state index is 12.0. The van der Waals surface area contributed by atoms with Gasteiger partial charge >= 0.3 is 0 Å². The van der Waals surface area contributed by atoms with Crippen LogP contribution < -0.4 is 15.0 Å². The number of carbonyl (C=O) groups is 1. The van der Waals surface area contributed by atoms with E-state index in [9.17, 15) is 4.79 Å². The lowest BCUT2D eigenvalue weighted by Gasteiger charge is -2.13. The van der Waals surface area contributed by atoms with Crippen molar-refractivity contribution in [3.63, 3.8) is 0 Å². The Bertz CT molecular complexity index is 604. The Morgan fingerprint density at radius 1 is 1.00 bits per heavy atom. The Morgan fingerprint density at radius 3 is 2.14 bits per heavy atom. The van der Waals surface area contributed by atoms with Gasteiger partial charge in [-0.1, -0.05) is 24.3 Å². The lowest BCUT2D eigenvalue weighted by Crippen LogP contribution is -2.24. The number of methoxy groups -OCH3 is 1. The van der Waals surface area contributed by atoms with E-state index < -0.39 is 0 Å². The van der Waals surface area contributed by atoms with E-state index in [-0.39, 0.29) is 5.91 Å². The molecule has 0 aromatic heterocycles. The first-order chi connectivity index (χ1) is 10.6. The monoisotopic (exact) mass is 298 g/mol. The maximum Gasteiger partial charge on any atom is 0.224 e. The predicted octanol–water partition coefficient (Wildman–Crippen LogP) is 2.62. The predicted molar refractivity (Wildman–Crippen MR) is 89.3 cm³/mol. The van der Waals surface area contributed by atoms with Crippen LogP contribution >= 0.6 is 0 Å². The summed E-state index contributed by atoms with van der Waals surface area (Å²) in [4.78, 5) is 14.0. The van der Waals surface area contributed by atoms with Gasteiger partial charge in [-0.2, -0.15) is 0 Å². The fraction of sp³-hybridized carbons (Fsp3) is 0.278. The number of nitrogens with zero attached hydrogens (tertiary/aromatic N) is 1. The normalized spacial score (nSPS) is 10.1. The van der Waals surface area contributed by atoms with Crippen molar-refractivity contribution in [2.45, 2.75) is 13.0 Å². The van der Waals surface area contributed by atoms with E-state index in [1.165, 1.54) is 0 Å². The van der Waals surface area contributed by atoms with Crippen molar-refractivity contribution < 1.29 is 9.53 Å². The van der Waals surface area contributed by atoms with Gasteiger partial charge in [0.25, 0.3) is 0 Å². The van der Waals surface area contributed by atoms with Crippen LogP contribution in [0.15, 0.2) is 48.5 Å². The molecule has 0 fully saturated rings. The molecule has 0 aliphatic carbocycles. The lowest BCUT2D eigenvalue weighted by atomic mass is 10.1. The van der Waals surface area contributed by atoms with Crippen LogP contribution in [0.3, 0.4) is 0 Å². The third-order valence-corrected chi connectivity index (χ3v) is 3.47. The average molecular weight is 298 g/mol. The summed E-state index contributed by atoms with van der Waals surface area (Å²) in [6, 6.07) is 15.7. The van der Waals surface area contributed by atoms with Gasteiger partial charge in [-0.25, -0.2) is 0 Å². The van der Waals surface area contributed by atoms with Crippen molar-refractivity contribution in [3.05, 3.63) is 59.7 Å². The molecule has 1 N–H and O–H groups in total. The van der Waals surface area contributed by atoms with Gasteiger partial charge in [0.05, 0.1) is 13.5 Å². The number of benzene rings is 2. The number of carbonyl (C=O) groups excluding carboxylic acids is 1. The first-order valence-electron chi connectivity index (χ1n) is 7.24. The largest absolute Gasteiger partial charge is 0.497 e. The van der Waals surface area contributed by atoms with Crippen LogP contribution in [0, 0.1) is 0 Å². The molecule has 2 aromatic carbocycles. The van der Waals surface area contributed by atoms with Gasteiger partial charge in [0.15, 0.2) is 0 Å². The molecule has 0 bridgehead atoms. The highest BCUT2D eigenvalue weighted by molar-refractivity contribution is 5.78. The fourth-order valence-corrected chi connectivity index (χ4v) is 2.10. The molecule has 22 heavy (non-hydrogen) atoms. The first-order valence-corrected chi connectivity index (χ1v) is 7.24. The highest BCUT2D eigenvalue weighted by atomic mass is 16.5. The Hall–Kier alpha value is -2.49. The summed E-state index contributed by atoms with van der Waals surface area (Å²) in [5.41, 5.74) is 3.21. The minimum absolute atomic E-state index is 0.0156. The number of anilines is 1. The number of hydrogen-bond acceptors (Lipinski definition) is 3. The summed E-state index contributed by atoms with van der Waals surface area (Å²) in [5.74, 6) is 0.812. The van der Waals surface area contributed by atoms with Crippen molar-refractivity contribution in [1.29, 1.82) is 0 Å². The summed E-state index contributed by atoms with van der Waals surface area (Å²) >= 11 is 0. The van der Waals surface area contributed by atoms with E-state index in [4.69, 9.17) is 4.74 Å². The van der Waals surface area contributed by atoms with Crippen LogP contribution in [0.4, 0.5) is 5.69 Å². The molecule has 2 aromatic rings. The molecule has 0 unspecified atom stereocenters. The summed E-state index contributed by atoms with van der Waals surface area (Å²) in [5, 5.41) is 2.94. The standard InChI is InChI=1S/C18H22N2O2/c1-20(2)16-8-4-15(5-9-16)13-19-18(21)12-14-6-10-17(22-3)11-7-14/h4-11H,12-13H2,1-3H3,(H,19,21). The molecule has 4 nitrogen and oxygen atoms in total. The summed E-state index contributed by atoms with van der Waals surface area (Å²) in [6.45, 7) is 0.544. The second kappa shape index (κ2) is 7.50. The highest BCUT2D eigenvalue weighted by Gasteiger charge is 2.04. The third kappa shape index (κ3) is 4.52. The van der Waals surface area contributed by atoms with E-state index >= 15 is 0 Å². The molecule has 0 aliphatic heterocycles. The Labute approximate surface area is 131 Å². The zero-order valence-electron chi connectivity index (χ0n) is 13.3. The first kappa shape index (κ1) is 15.9. The molecular formula is C18H22N2O2. The summed E-state index contributed by atoms with van der Waals surface area (Å²) in [6.07, 6.45) is 0.375. The van der Waals surface area contributed by atoms with Gasteiger partial charge in [0, 0.05) is 26.3 Å². The molecule has 0 spiro atoms. The minimum Gasteiger partial charge on any atom is -0.497 e. The molecule has 4 heteroatoms. The molecule has 0 saturated heterocycles. The van der Waals surface area contributed by atoms with E-state index in [1.807, 2.05) is 67.5 Å². The van der Waals surface area contributed by atoms with E-state index in [0.717, 1.165) is 22.6 Å². The van der Waals surface area contributed by atoms with Gasteiger partial charge < -0.3 is 15.0 Å². The van der Waals surface area contributed by atoms with Crippen LogP contribution in [0.2, 0.25) is 0 Å². The van der Waals surface area contributed by atoms with E-state index in [2.05, 4.69) is 5.32 Å². The van der Waals surface area contributed by atoms with Gasteiger partial charge in [0.2, 0.25) is 5.91 Å².